The standard InChI is InChI=1S/C25H49N3/c1-2-3-4-5-6-7-8-9-10-11-12-13-14-15-16-17-18-19-20-21-22-23-25-26-24-27-28-25/h24H,2-23H2,1H3,(H,26,27,28). The highest BCUT2D eigenvalue weighted by Crippen LogP contribution is 2.15. The molecule has 0 bridgehead atoms. The normalized spacial score (nSPS) is 11.3. The van der Waals surface area contributed by atoms with Crippen LogP contribution in [0.2, 0.25) is 0 Å². The van der Waals surface area contributed by atoms with E-state index in [1.54, 1.807) is 6.33 Å². The zero-order valence-electron chi connectivity index (χ0n) is 19.0. The summed E-state index contributed by atoms with van der Waals surface area (Å²) in [5, 5.41) is 6.88. The molecule has 0 aliphatic carbocycles. The van der Waals surface area contributed by atoms with Gasteiger partial charge in [0, 0.05) is 6.42 Å². The quantitative estimate of drug-likeness (QED) is 0.201. The van der Waals surface area contributed by atoms with Crippen molar-refractivity contribution in [1.82, 2.24) is 15.2 Å². The minimum atomic E-state index is 0.970. The Morgan fingerprint density at radius 3 is 1.21 bits per heavy atom. The third kappa shape index (κ3) is 17.3. The number of nitrogens with zero attached hydrogens (tertiary/aromatic N) is 2. The zero-order valence-corrected chi connectivity index (χ0v) is 19.0. The van der Waals surface area contributed by atoms with E-state index in [9.17, 15) is 0 Å². The number of aromatic amines is 1. The van der Waals surface area contributed by atoms with Crippen molar-refractivity contribution in [3.63, 3.8) is 0 Å². The van der Waals surface area contributed by atoms with Gasteiger partial charge in [0.2, 0.25) is 0 Å². The van der Waals surface area contributed by atoms with E-state index in [0.717, 1.165) is 12.2 Å². The second-order valence-electron chi connectivity index (χ2n) is 8.74. The van der Waals surface area contributed by atoms with Gasteiger partial charge in [0.25, 0.3) is 0 Å². The Morgan fingerprint density at radius 2 is 0.893 bits per heavy atom. The van der Waals surface area contributed by atoms with Crippen LogP contribution in [0.15, 0.2) is 6.33 Å². The highest BCUT2D eigenvalue weighted by atomic mass is 15.2. The Balaban J connectivity index is 1.64. The first-order valence-corrected chi connectivity index (χ1v) is 12.8. The van der Waals surface area contributed by atoms with Crippen molar-refractivity contribution in [2.45, 2.75) is 148 Å². The Morgan fingerprint density at radius 1 is 0.536 bits per heavy atom. The van der Waals surface area contributed by atoms with E-state index in [1.165, 1.54) is 135 Å². The third-order valence-corrected chi connectivity index (χ3v) is 5.97. The van der Waals surface area contributed by atoms with E-state index in [-0.39, 0.29) is 0 Å². The first kappa shape index (κ1) is 25.2. The van der Waals surface area contributed by atoms with Gasteiger partial charge in [0.15, 0.2) is 0 Å². The van der Waals surface area contributed by atoms with Gasteiger partial charge in [0.1, 0.15) is 12.2 Å². The fourth-order valence-corrected chi connectivity index (χ4v) is 4.07. The highest BCUT2D eigenvalue weighted by Gasteiger charge is 1.97. The summed E-state index contributed by atoms with van der Waals surface area (Å²) in [4.78, 5) is 4.17. The molecule has 3 nitrogen and oxygen atoms in total. The average molecular weight is 392 g/mol. The predicted octanol–water partition coefficient (Wildman–Crippen LogP) is 8.56. The van der Waals surface area contributed by atoms with Crippen LogP contribution < -0.4 is 0 Å². The molecule has 0 fully saturated rings. The summed E-state index contributed by atoms with van der Waals surface area (Å²) in [5.41, 5.74) is 0. The topological polar surface area (TPSA) is 41.6 Å². The molecule has 0 aliphatic heterocycles. The van der Waals surface area contributed by atoms with Crippen molar-refractivity contribution in [3.05, 3.63) is 12.2 Å². The molecule has 0 saturated carbocycles. The lowest BCUT2D eigenvalue weighted by molar-refractivity contribution is 0.520. The number of nitrogens with one attached hydrogen (secondary N) is 1. The van der Waals surface area contributed by atoms with Crippen molar-refractivity contribution in [2.24, 2.45) is 0 Å². The first-order chi connectivity index (χ1) is 13.9. The van der Waals surface area contributed by atoms with Gasteiger partial charge in [0.05, 0.1) is 0 Å². The van der Waals surface area contributed by atoms with Gasteiger partial charge in [-0.1, -0.05) is 135 Å². The summed E-state index contributed by atoms with van der Waals surface area (Å²) in [7, 11) is 0. The molecule has 0 atom stereocenters. The smallest absolute Gasteiger partial charge is 0.150 e. The summed E-state index contributed by atoms with van der Waals surface area (Å²) in [6.07, 6.45) is 32.8. The Hall–Kier alpha value is -0.860. The number of unbranched alkanes of at least 4 members (excludes halogenated alkanes) is 20. The van der Waals surface area contributed by atoms with Crippen molar-refractivity contribution < 1.29 is 0 Å². The first-order valence-electron chi connectivity index (χ1n) is 12.8. The minimum Gasteiger partial charge on any atom is -0.266 e. The fraction of sp³-hybridized carbons (Fsp3) is 0.920. The van der Waals surface area contributed by atoms with Crippen LogP contribution in [0.4, 0.5) is 0 Å². The van der Waals surface area contributed by atoms with Crippen LogP contribution in [0.5, 0.6) is 0 Å². The van der Waals surface area contributed by atoms with Gasteiger partial charge in [-0.3, -0.25) is 5.10 Å². The summed E-state index contributed by atoms with van der Waals surface area (Å²) in [5.74, 6) is 0.970. The van der Waals surface area contributed by atoms with Crippen LogP contribution in [0.3, 0.4) is 0 Å². The molecule has 0 radical (unpaired) electrons. The van der Waals surface area contributed by atoms with Gasteiger partial charge in [-0.05, 0) is 6.42 Å². The lowest BCUT2D eigenvalue weighted by Gasteiger charge is -2.04. The van der Waals surface area contributed by atoms with Crippen LogP contribution >= 0.6 is 0 Å². The summed E-state index contributed by atoms with van der Waals surface area (Å²) in [6, 6.07) is 0. The van der Waals surface area contributed by atoms with Crippen molar-refractivity contribution in [2.75, 3.05) is 0 Å². The molecular weight excluding hydrogens is 342 g/mol. The SMILES string of the molecule is CCCCCCCCCCCCCCCCCCCCCCCc1nc[nH]n1. The van der Waals surface area contributed by atoms with Gasteiger partial charge < -0.3 is 0 Å². The molecule has 3 heteroatoms. The van der Waals surface area contributed by atoms with Crippen molar-refractivity contribution in [3.8, 4) is 0 Å². The van der Waals surface area contributed by atoms with Crippen molar-refractivity contribution >= 4 is 0 Å². The number of hydrogen-bond acceptors (Lipinski definition) is 2. The maximum Gasteiger partial charge on any atom is 0.150 e. The average Bonchev–Trinajstić information content (AvgIpc) is 3.22. The van der Waals surface area contributed by atoms with Crippen LogP contribution in [0.25, 0.3) is 0 Å². The van der Waals surface area contributed by atoms with Gasteiger partial charge in [-0.25, -0.2) is 4.98 Å². The molecule has 1 aromatic heterocycles. The molecule has 0 saturated heterocycles. The monoisotopic (exact) mass is 391 g/mol. The maximum absolute atomic E-state index is 4.17. The molecule has 1 heterocycles. The van der Waals surface area contributed by atoms with Crippen LogP contribution in [-0.2, 0) is 6.42 Å². The van der Waals surface area contributed by atoms with Crippen molar-refractivity contribution in [1.29, 1.82) is 0 Å². The zero-order chi connectivity index (χ0) is 20.0. The lowest BCUT2D eigenvalue weighted by Crippen LogP contribution is -1.89. The summed E-state index contributed by atoms with van der Waals surface area (Å²) >= 11 is 0. The van der Waals surface area contributed by atoms with E-state index in [4.69, 9.17) is 0 Å². The molecule has 0 aromatic carbocycles. The molecule has 1 rings (SSSR count). The van der Waals surface area contributed by atoms with E-state index in [0.29, 0.717) is 0 Å². The molecule has 0 aliphatic rings. The Bertz CT molecular complexity index is 389. The van der Waals surface area contributed by atoms with Crippen LogP contribution in [-0.4, -0.2) is 15.2 Å². The van der Waals surface area contributed by atoms with E-state index in [2.05, 4.69) is 22.1 Å². The van der Waals surface area contributed by atoms with E-state index >= 15 is 0 Å². The third-order valence-electron chi connectivity index (χ3n) is 5.97. The Kier molecular flexibility index (Phi) is 18.8. The highest BCUT2D eigenvalue weighted by molar-refractivity contribution is 4.79. The summed E-state index contributed by atoms with van der Waals surface area (Å²) < 4.78 is 0. The fourth-order valence-electron chi connectivity index (χ4n) is 4.07. The van der Waals surface area contributed by atoms with E-state index < -0.39 is 0 Å². The van der Waals surface area contributed by atoms with Gasteiger partial charge in [-0.2, -0.15) is 5.10 Å². The number of hydrogen-bond donors (Lipinski definition) is 1. The molecule has 164 valence electrons. The lowest BCUT2D eigenvalue weighted by atomic mass is 10.0. The van der Waals surface area contributed by atoms with Gasteiger partial charge >= 0.3 is 0 Å². The number of H-pyrrole nitrogens is 1. The maximum atomic E-state index is 4.17. The molecule has 1 aromatic rings. The number of aryl methyl sites for hydroxylation is 1. The number of rotatable bonds is 22. The van der Waals surface area contributed by atoms with Crippen LogP contribution in [0, 0.1) is 0 Å². The molecule has 1 N–H and O–H groups in total. The summed E-state index contributed by atoms with van der Waals surface area (Å²) in [6.45, 7) is 2.30. The van der Waals surface area contributed by atoms with E-state index in [1.807, 2.05) is 0 Å². The Labute approximate surface area is 175 Å². The molecular formula is C25H49N3. The second-order valence-corrected chi connectivity index (χ2v) is 8.74. The number of aromatic nitrogens is 3. The van der Waals surface area contributed by atoms with Gasteiger partial charge in [-0.15, -0.1) is 0 Å². The predicted molar refractivity (Wildman–Crippen MR) is 123 cm³/mol. The molecule has 0 unspecified atom stereocenters. The molecule has 28 heavy (non-hydrogen) atoms. The molecule has 0 amide bonds. The largest absolute Gasteiger partial charge is 0.266 e. The molecule has 0 spiro atoms. The minimum absolute atomic E-state index is 0.970. The second kappa shape index (κ2) is 20.9. The van der Waals surface area contributed by atoms with Crippen LogP contribution in [0.1, 0.15) is 148 Å².